The lowest BCUT2D eigenvalue weighted by atomic mass is 10.2. The Morgan fingerprint density at radius 3 is 2.67 bits per heavy atom. The summed E-state index contributed by atoms with van der Waals surface area (Å²) >= 11 is 1.41. The number of pyridine rings is 1. The van der Waals surface area contributed by atoms with Crippen molar-refractivity contribution in [1.29, 1.82) is 0 Å². The molecule has 7 heteroatoms. The van der Waals surface area contributed by atoms with Crippen molar-refractivity contribution >= 4 is 23.4 Å². The molecule has 0 aliphatic heterocycles. The molecule has 0 bridgehead atoms. The standard InChI is InChI=1S/C20H23N5OS/c1-3-4-13-25-19(16-9-11-21-12-10-16)23-24-20(25)27-14-18(26)22-17-8-6-5-7-15(17)2/h5-12H,3-4,13-14H2,1-2H3,(H,22,26). The third kappa shape index (κ3) is 4.95. The number of hydrogen-bond acceptors (Lipinski definition) is 5. The largest absolute Gasteiger partial charge is 0.325 e. The maximum absolute atomic E-state index is 12.3. The molecule has 0 fully saturated rings. The van der Waals surface area contributed by atoms with E-state index < -0.39 is 0 Å². The van der Waals surface area contributed by atoms with Crippen LogP contribution >= 0.6 is 11.8 Å². The second kappa shape index (κ2) is 9.32. The molecular formula is C20H23N5OS. The molecule has 0 saturated heterocycles. The van der Waals surface area contributed by atoms with Gasteiger partial charge in [-0.2, -0.15) is 0 Å². The van der Waals surface area contributed by atoms with E-state index in [4.69, 9.17) is 0 Å². The molecule has 140 valence electrons. The number of para-hydroxylation sites is 1. The van der Waals surface area contributed by atoms with Gasteiger partial charge in [-0.1, -0.05) is 43.3 Å². The zero-order valence-corrected chi connectivity index (χ0v) is 16.4. The van der Waals surface area contributed by atoms with Gasteiger partial charge in [0, 0.05) is 30.2 Å². The number of nitrogens with one attached hydrogen (secondary N) is 1. The number of aromatic nitrogens is 4. The minimum atomic E-state index is -0.0511. The molecule has 1 amide bonds. The van der Waals surface area contributed by atoms with Gasteiger partial charge in [-0.15, -0.1) is 10.2 Å². The van der Waals surface area contributed by atoms with Crippen molar-refractivity contribution in [2.24, 2.45) is 0 Å². The molecule has 1 N–H and O–H groups in total. The van der Waals surface area contributed by atoms with Gasteiger partial charge in [-0.25, -0.2) is 0 Å². The normalized spacial score (nSPS) is 10.7. The number of thioether (sulfide) groups is 1. The topological polar surface area (TPSA) is 72.7 Å². The van der Waals surface area contributed by atoms with Crippen LogP contribution in [0.1, 0.15) is 25.3 Å². The van der Waals surface area contributed by atoms with Gasteiger partial charge in [0.05, 0.1) is 5.75 Å². The van der Waals surface area contributed by atoms with Gasteiger partial charge in [0.15, 0.2) is 11.0 Å². The Balaban J connectivity index is 1.71. The summed E-state index contributed by atoms with van der Waals surface area (Å²) in [5.74, 6) is 1.05. The predicted molar refractivity (Wildman–Crippen MR) is 109 cm³/mol. The highest BCUT2D eigenvalue weighted by atomic mass is 32.2. The molecule has 2 heterocycles. The third-order valence-corrected chi connectivity index (χ3v) is 5.11. The number of carbonyl (C=O) groups is 1. The fraction of sp³-hybridized carbons (Fsp3) is 0.300. The van der Waals surface area contributed by atoms with Gasteiger partial charge in [0.25, 0.3) is 0 Å². The summed E-state index contributed by atoms with van der Waals surface area (Å²) in [4.78, 5) is 16.4. The summed E-state index contributed by atoms with van der Waals surface area (Å²) in [5.41, 5.74) is 2.86. The van der Waals surface area contributed by atoms with Crippen molar-refractivity contribution in [3.05, 3.63) is 54.4 Å². The Bertz CT molecular complexity index is 894. The molecule has 0 spiro atoms. The van der Waals surface area contributed by atoms with Crippen LogP contribution in [-0.2, 0) is 11.3 Å². The first kappa shape index (κ1) is 19.1. The molecule has 2 aromatic heterocycles. The van der Waals surface area contributed by atoms with Crippen LogP contribution in [0.4, 0.5) is 5.69 Å². The summed E-state index contributed by atoms with van der Waals surface area (Å²) < 4.78 is 2.09. The van der Waals surface area contributed by atoms with Crippen molar-refractivity contribution in [2.75, 3.05) is 11.1 Å². The Kier molecular flexibility index (Phi) is 6.59. The average Bonchev–Trinajstić information content (AvgIpc) is 3.10. The second-order valence-corrected chi connectivity index (χ2v) is 7.14. The SMILES string of the molecule is CCCCn1c(SCC(=O)Nc2ccccc2C)nnc1-c1ccncc1. The summed E-state index contributed by atoms with van der Waals surface area (Å²) in [6, 6.07) is 11.6. The summed E-state index contributed by atoms with van der Waals surface area (Å²) in [5, 5.41) is 12.4. The molecule has 0 atom stereocenters. The number of unbranched alkanes of at least 4 members (excludes halogenated alkanes) is 1. The van der Waals surface area contributed by atoms with E-state index >= 15 is 0 Å². The lowest BCUT2D eigenvalue weighted by Crippen LogP contribution is -2.15. The van der Waals surface area contributed by atoms with Crippen LogP contribution in [0.3, 0.4) is 0 Å². The van der Waals surface area contributed by atoms with Crippen molar-refractivity contribution in [3.63, 3.8) is 0 Å². The number of benzene rings is 1. The first-order valence-electron chi connectivity index (χ1n) is 9.01. The molecule has 0 saturated carbocycles. The van der Waals surface area contributed by atoms with Gasteiger partial charge in [0.1, 0.15) is 0 Å². The van der Waals surface area contributed by atoms with Crippen LogP contribution < -0.4 is 5.32 Å². The second-order valence-electron chi connectivity index (χ2n) is 6.20. The predicted octanol–water partition coefficient (Wildman–Crippen LogP) is 4.18. The highest BCUT2D eigenvalue weighted by Gasteiger charge is 2.15. The molecule has 3 rings (SSSR count). The molecule has 6 nitrogen and oxygen atoms in total. The maximum atomic E-state index is 12.3. The lowest BCUT2D eigenvalue weighted by Gasteiger charge is -2.10. The van der Waals surface area contributed by atoms with E-state index in [1.807, 2.05) is 43.3 Å². The first-order valence-corrected chi connectivity index (χ1v) is 9.99. The lowest BCUT2D eigenvalue weighted by molar-refractivity contribution is -0.113. The molecular weight excluding hydrogens is 358 g/mol. The number of aryl methyl sites for hydroxylation is 1. The average molecular weight is 382 g/mol. The van der Waals surface area contributed by atoms with Crippen LogP contribution in [0.15, 0.2) is 53.9 Å². The van der Waals surface area contributed by atoms with Crippen LogP contribution in [0.25, 0.3) is 11.4 Å². The maximum Gasteiger partial charge on any atom is 0.234 e. The molecule has 0 radical (unpaired) electrons. The number of nitrogens with zero attached hydrogens (tertiary/aromatic N) is 4. The van der Waals surface area contributed by atoms with Crippen LogP contribution in [0.5, 0.6) is 0 Å². The molecule has 3 aromatic rings. The number of carbonyl (C=O) groups excluding carboxylic acids is 1. The van der Waals surface area contributed by atoms with Gasteiger partial charge in [0.2, 0.25) is 5.91 Å². The van der Waals surface area contributed by atoms with Gasteiger partial charge in [-0.3, -0.25) is 9.78 Å². The minimum absolute atomic E-state index is 0.0511. The molecule has 0 unspecified atom stereocenters. The van der Waals surface area contributed by atoms with E-state index in [1.54, 1.807) is 12.4 Å². The van der Waals surface area contributed by atoms with E-state index in [2.05, 4.69) is 32.0 Å². The number of rotatable bonds is 8. The van der Waals surface area contributed by atoms with Crippen LogP contribution in [0, 0.1) is 6.92 Å². The highest BCUT2D eigenvalue weighted by molar-refractivity contribution is 7.99. The Labute approximate surface area is 163 Å². The highest BCUT2D eigenvalue weighted by Crippen LogP contribution is 2.24. The zero-order valence-electron chi connectivity index (χ0n) is 15.6. The molecule has 0 aliphatic carbocycles. The fourth-order valence-electron chi connectivity index (χ4n) is 2.66. The number of hydrogen-bond donors (Lipinski definition) is 1. The summed E-state index contributed by atoms with van der Waals surface area (Å²) in [7, 11) is 0. The minimum Gasteiger partial charge on any atom is -0.325 e. The van der Waals surface area contributed by atoms with E-state index in [0.29, 0.717) is 0 Å². The fourth-order valence-corrected chi connectivity index (χ4v) is 3.42. The Morgan fingerprint density at radius 2 is 1.93 bits per heavy atom. The van der Waals surface area contributed by atoms with Crippen molar-refractivity contribution in [2.45, 2.75) is 38.4 Å². The van der Waals surface area contributed by atoms with Gasteiger partial charge in [-0.05, 0) is 37.1 Å². The quantitative estimate of drug-likeness (QED) is 0.593. The van der Waals surface area contributed by atoms with Crippen LogP contribution in [0.2, 0.25) is 0 Å². The monoisotopic (exact) mass is 381 g/mol. The van der Waals surface area contributed by atoms with E-state index in [9.17, 15) is 4.79 Å². The molecule has 0 aliphatic rings. The summed E-state index contributed by atoms with van der Waals surface area (Å²) in [6.07, 6.45) is 5.60. The number of amides is 1. The third-order valence-electron chi connectivity index (χ3n) is 4.14. The van der Waals surface area contributed by atoms with Crippen molar-refractivity contribution < 1.29 is 4.79 Å². The Hall–Kier alpha value is -2.67. The van der Waals surface area contributed by atoms with Crippen molar-refractivity contribution in [3.8, 4) is 11.4 Å². The van der Waals surface area contributed by atoms with Gasteiger partial charge >= 0.3 is 0 Å². The zero-order chi connectivity index (χ0) is 19.1. The first-order chi connectivity index (χ1) is 13.2. The van der Waals surface area contributed by atoms with E-state index in [0.717, 1.165) is 47.2 Å². The Morgan fingerprint density at radius 1 is 1.15 bits per heavy atom. The molecule has 1 aromatic carbocycles. The van der Waals surface area contributed by atoms with E-state index in [1.165, 1.54) is 11.8 Å². The smallest absolute Gasteiger partial charge is 0.234 e. The number of anilines is 1. The van der Waals surface area contributed by atoms with Crippen molar-refractivity contribution in [1.82, 2.24) is 19.7 Å². The molecule has 27 heavy (non-hydrogen) atoms. The summed E-state index contributed by atoms with van der Waals surface area (Å²) in [6.45, 7) is 4.95. The van der Waals surface area contributed by atoms with Gasteiger partial charge < -0.3 is 9.88 Å². The van der Waals surface area contributed by atoms with E-state index in [-0.39, 0.29) is 11.7 Å². The van der Waals surface area contributed by atoms with Crippen LogP contribution in [-0.4, -0.2) is 31.4 Å².